The summed E-state index contributed by atoms with van der Waals surface area (Å²) in [5.74, 6) is 1.53. The highest BCUT2D eigenvalue weighted by Gasteiger charge is 2.35. The van der Waals surface area contributed by atoms with Gasteiger partial charge < -0.3 is 9.47 Å². The topological polar surface area (TPSA) is 43.8 Å². The second-order valence-corrected chi connectivity index (χ2v) is 9.61. The molecule has 0 unspecified atom stereocenters. The molecule has 0 spiro atoms. The number of nitrogens with zero attached hydrogens (tertiary/aromatic N) is 2. The number of hydroxylamine groups is 1. The summed E-state index contributed by atoms with van der Waals surface area (Å²) in [6, 6.07) is 12.7. The highest BCUT2D eigenvalue weighted by Crippen LogP contribution is 2.43. The molecule has 1 heterocycles. The van der Waals surface area contributed by atoms with Crippen molar-refractivity contribution in [1.82, 2.24) is 4.98 Å². The summed E-state index contributed by atoms with van der Waals surface area (Å²) in [6.07, 6.45) is 7.72. The van der Waals surface area contributed by atoms with Gasteiger partial charge in [-0.05, 0) is 62.5 Å². The van der Waals surface area contributed by atoms with E-state index in [1.165, 1.54) is 19.3 Å². The number of hydrogen-bond acceptors (Lipinski definition) is 5. The standard InChI is InChI=1S/C28H42N2O3/c1-6-28(4,5)23-14-16-24(17-15-23)30(33-20-22-12-10-9-11-13-22)26-18-19-29-25(21-31-7-2)27(26)32-8-3/h9-13,18-19,23-24H,6-8,14-17,20-21H2,1-5H3. The van der Waals surface area contributed by atoms with Gasteiger partial charge in [0.15, 0.2) is 5.75 Å². The summed E-state index contributed by atoms with van der Waals surface area (Å²) in [5.41, 5.74) is 3.32. The third kappa shape index (κ3) is 6.70. The van der Waals surface area contributed by atoms with Crippen molar-refractivity contribution in [3.05, 3.63) is 53.9 Å². The van der Waals surface area contributed by atoms with Crippen molar-refractivity contribution < 1.29 is 14.3 Å². The monoisotopic (exact) mass is 454 g/mol. The summed E-state index contributed by atoms with van der Waals surface area (Å²) in [6.45, 7) is 13.3. The summed E-state index contributed by atoms with van der Waals surface area (Å²) in [7, 11) is 0. The van der Waals surface area contributed by atoms with Gasteiger partial charge in [0, 0.05) is 12.8 Å². The van der Waals surface area contributed by atoms with E-state index in [-0.39, 0.29) is 0 Å². The first kappa shape index (κ1) is 25.5. The quantitative estimate of drug-likeness (QED) is 0.325. The van der Waals surface area contributed by atoms with Crippen LogP contribution in [0.2, 0.25) is 0 Å². The van der Waals surface area contributed by atoms with Crippen LogP contribution in [0, 0.1) is 11.3 Å². The fourth-order valence-electron chi connectivity index (χ4n) is 4.73. The van der Waals surface area contributed by atoms with Gasteiger partial charge in [0.05, 0.1) is 25.9 Å². The summed E-state index contributed by atoms with van der Waals surface area (Å²) in [4.78, 5) is 11.1. The maximum atomic E-state index is 6.53. The highest BCUT2D eigenvalue weighted by molar-refractivity contribution is 5.59. The summed E-state index contributed by atoms with van der Waals surface area (Å²) < 4.78 is 11.8. The van der Waals surface area contributed by atoms with Gasteiger partial charge in [-0.3, -0.25) is 9.82 Å². The number of aromatic nitrogens is 1. The Morgan fingerprint density at radius 1 is 0.939 bits per heavy atom. The van der Waals surface area contributed by atoms with E-state index in [0.29, 0.717) is 37.9 Å². The first-order chi connectivity index (χ1) is 16.0. The molecule has 5 heteroatoms. The molecule has 0 aliphatic heterocycles. The predicted molar refractivity (Wildman–Crippen MR) is 134 cm³/mol. The number of anilines is 1. The number of hydrogen-bond donors (Lipinski definition) is 0. The van der Waals surface area contributed by atoms with Crippen molar-refractivity contribution in [1.29, 1.82) is 0 Å². The molecule has 0 atom stereocenters. The van der Waals surface area contributed by atoms with Gasteiger partial charge in [-0.15, -0.1) is 0 Å². The summed E-state index contributed by atoms with van der Waals surface area (Å²) in [5, 5.41) is 2.12. The molecule has 1 aromatic heterocycles. The largest absolute Gasteiger partial charge is 0.490 e. The van der Waals surface area contributed by atoms with E-state index >= 15 is 0 Å². The van der Waals surface area contributed by atoms with Crippen LogP contribution in [0.3, 0.4) is 0 Å². The zero-order valence-electron chi connectivity index (χ0n) is 21.2. The minimum atomic E-state index is 0.305. The molecule has 0 bridgehead atoms. The van der Waals surface area contributed by atoms with E-state index < -0.39 is 0 Å². The van der Waals surface area contributed by atoms with Gasteiger partial charge in [0.25, 0.3) is 0 Å². The van der Waals surface area contributed by atoms with E-state index in [4.69, 9.17) is 14.3 Å². The van der Waals surface area contributed by atoms with Crippen LogP contribution in [0.1, 0.15) is 78.0 Å². The van der Waals surface area contributed by atoms with Gasteiger partial charge >= 0.3 is 0 Å². The molecule has 1 fully saturated rings. The van der Waals surface area contributed by atoms with Gasteiger partial charge in [0.2, 0.25) is 0 Å². The Morgan fingerprint density at radius 2 is 1.67 bits per heavy atom. The van der Waals surface area contributed by atoms with Crippen LogP contribution >= 0.6 is 0 Å². The fraction of sp³-hybridized carbons (Fsp3) is 0.607. The normalized spacial score (nSPS) is 18.8. The van der Waals surface area contributed by atoms with Crippen LogP contribution in [0.4, 0.5) is 5.69 Å². The van der Waals surface area contributed by atoms with Crippen molar-refractivity contribution in [3.63, 3.8) is 0 Å². The number of pyridine rings is 1. The molecule has 0 radical (unpaired) electrons. The van der Waals surface area contributed by atoms with Crippen molar-refractivity contribution in [2.24, 2.45) is 11.3 Å². The lowest BCUT2D eigenvalue weighted by Gasteiger charge is -2.42. The van der Waals surface area contributed by atoms with Gasteiger partial charge in [-0.1, -0.05) is 57.5 Å². The Bertz CT molecular complexity index is 832. The van der Waals surface area contributed by atoms with Gasteiger partial charge in [-0.2, -0.15) is 0 Å². The number of rotatable bonds is 12. The van der Waals surface area contributed by atoms with Gasteiger partial charge in [-0.25, -0.2) is 5.06 Å². The highest BCUT2D eigenvalue weighted by atomic mass is 16.7. The van der Waals surface area contributed by atoms with Crippen molar-refractivity contribution >= 4 is 5.69 Å². The molecule has 1 aromatic carbocycles. The first-order valence-corrected chi connectivity index (χ1v) is 12.6. The SMILES string of the molecule is CCOCc1nccc(N(OCc2ccccc2)C2CCC(C(C)(C)CC)CC2)c1OCC. The van der Waals surface area contributed by atoms with E-state index in [9.17, 15) is 0 Å². The lowest BCUT2D eigenvalue weighted by molar-refractivity contribution is 0.0463. The average molecular weight is 455 g/mol. The molecule has 0 N–H and O–H groups in total. The average Bonchev–Trinajstić information content (AvgIpc) is 2.85. The molecule has 182 valence electrons. The van der Waals surface area contributed by atoms with Crippen LogP contribution in [-0.4, -0.2) is 24.2 Å². The predicted octanol–water partition coefficient (Wildman–Crippen LogP) is 6.95. The molecular formula is C28H42N2O3. The molecule has 5 nitrogen and oxygen atoms in total. The van der Waals surface area contributed by atoms with E-state index in [1.807, 2.05) is 32.2 Å². The zero-order valence-corrected chi connectivity index (χ0v) is 21.2. The second-order valence-electron chi connectivity index (χ2n) is 9.61. The molecule has 1 aliphatic rings. The van der Waals surface area contributed by atoms with Crippen molar-refractivity contribution in [3.8, 4) is 5.75 Å². The molecule has 2 aromatic rings. The Labute approximate surface area is 200 Å². The maximum absolute atomic E-state index is 6.53. The smallest absolute Gasteiger partial charge is 0.168 e. The Balaban J connectivity index is 1.87. The Hall–Kier alpha value is -2.11. The van der Waals surface area contributed by atoms with Crippen molar-refractivity contribution in [2.45, 2.75) is 86.0 Å². The van der Waals surface area contributed by atoms with Gasteiger partial charge in [0.1, 0.15) is 11.4 Å². The molecule has 1 aliphatic carbocycles. The van der Waals surface area contributed by atoms with E-state index in [1.54, 1.807) is 0 Å². The fourth-order valence-corrected chi connectivity index (χ4v) is 4.73. The molecular weight excluding hydrogens is 412 g/mol. The second kappa shape index (κ2) is 12.4. The third-order valence-electron chi connectivity index (χ3n) is 7.18. The molecule has 33 heavy (non-hydrogen) atoms. The molecule has 0 amide bonds. The van der Waals surface area contributed by atoms with E-state index in [0.717, 1.165) is 41.5 Å². The van der Waals surface area contributed by atoms with Crippen LogP contribution in [0.5, 0.6) is 5.75 Å². The number of benzene rings is 1. The van der Waals surface area contributed by atoms with Crippen molar-refractivity contribution in [2.75, 3.05) is 18.3 Å². The minimum absolute atomic E-state index is 0.305. The van der Waals surface area contributed by atoms with Crippen LogP contribution in [-0.2, 0) is 22.8 Å². The zero-order chi connectivity index (χ0) is 23.7. The minimum Gasteiger partial charge on any atom is -0.490 e. The lowest BCUT2D eigenvalue weighted by atomic mass is 9.69. The van der Waals surface area contributed by atoms with Crippen LogP contribution in [0.25, 0.3) is 0 Å². The van der Waals surface area contributed by atoms with Crippen LogP contribution in [0.15, 0.2) is 42.6 Å². The lowest BCUT2D eigenvalue weighted by Crippen LogP contribution is -2.40. The van der Waals surface area contributed by atoms with Crippen LogP contribution < -0.4 is 9.80 Å². The molecule has 3 rings (SSSR count). The summed E-state index contributed by atoms with van der Waals surface area (Å²) >= 11 is 0. The maximum Gasteiger partial charge on any atom is 0.168 e. The Morgan fingerprint density at radius 3 is 2.30 bits per heavy atom. The molecule has 1 saturated carbocycles. The molecule has 0 saturated heterocycles. The van der Waals surface area contributed by atoms with E-state index in [2.05, 4.69) is 55.1 Å². The third-order valence-corrected chi connectivity index (χ3v) is 7.18. The number of ether oxygens (including phenoxy) is 2. The Kier molecular flexibility index (Phi) is 9.57. The first-order valence-electron chi connectivity index (χ1n) is 12.6.